The van der Waals surface area contributed by atoms with Crippen LogP contribution in [0.5, 0.6) is 17.2 Å². The first kappa shape index (κ1) is 23.5. The van der Waals surface area contributed by atoms with Crippen molar-refractivity contribution >= 4 is 15.9 Å². The maximum Gasteiger partial charge on any atom is 0.261 e. The van der Waals surface area contributed by atoms with Gasteiger partial charge in [0.15, 0.2) is 17.6 Å². The molecule has 2 rings (SSSR count). The van der Waals surface area contributed by atoms with Gasteiger partial charge in [0.2, 0.25) is 10.0 Å². The molecule has 1 atom stereocenters. The fourth-order valence-corrected chi connectivity index (χ4v) is 3.47. The Balaban J connectivity index is 1.83. The largest absolute Gasteiger partial charge is 0.493 e. The lowest BCUT2D eigenvalue weighted by atomic mass is 10.2. The highest BCUT2D eigenvalue weighted by Crippen LogP contribution is 2.27. The monoisotopic (exact) mass is 436 g/mol. The molecule has 2 aromatic rings. The summed E-state index contributed by atoms with van der Waals surface area (Å²) >= 11 is 0. The Bertz CT molecular complexity index is 929. The number of sulfonamides is 1. The van der Waals surface area contributed by atoms with Crippen LogP contribution in [0.3, 0.4) is 0 Å². The molecule has 0 bridgehead atoms. The van der Waals surface area contributed by atoms with Gasteiger partial charge < -0.3 is 19.5 Å². The van der Waals surface area contributed by atoms with E-state index in [1.807, 2.05) is 19.1 Å². The number of methoxy groups -OCH3 is 1. The van der Waals surface area contributed by atoms with Crippen molar-refractivity contribution in [1.82, 2.24) is 9.62 Å². The van der Waals surface area contributed by atoms with E-state index in [2.05, 4.69) is 5.32 Å². The summed E-state index contributed by atoms with van der Waals surface area (Å²) in [6, 6.07) is 13.3. The smallest absolute Gasteiger partial charge is 0.261 e. The lowest BCUT2D eigenvalue weighted by Gasteiger charge is -2.19. The average Bonchev–Trinajstić information content (AvgIpc) is 2.75. The molecule has 0 saturated heterocycles. The molecular weight excluding hydrogens is 408 g/mol. The molecule has 2 aromatic carbocycles. The molecule has 0 aliphatic rings. The number of carbonyl (C=O) groups excluding carboxylic acids is 1. The Kier molecular flexibility index (Phi) is 8.49. The van der Waals surface area contributed by atoms with Crippen LogP contribution < -0.4 is 19.5 Å². The van der Waals surface area contributed by atoms with Gasteiger partial charge in [0, 0.05) is 14.1 Å². The zero-order chi connectivity index (χ0) is 22.1. The van der Waals surface area contributed by atoms with Crippen molar-refractivity contribution in [2.24, 2.45) is 0 Å². The highest BCUT2D eigenvalue weighted by molar-refractivity contribution is 7.89. The third-order valence-corrected chi connectivity index (χ3v) is 6.10. The molecule has 1 N–H and O–H groups in total. The summed E-state index contributed by atoms with van der Waals surface area (Å²) in [5, 5.41) is 2.78. The number of amides is 1. The molecule has 1 unspecified atom stereocenters. The van der Waals surface area contributed by atoms with Gasteiger partial charge in [0.25, 0.3) is 5.91 Å². The summed E-state index contributed by atoms with van der Waals surface area (Å²) in [4.78, 5) is 12.6. The first-order chi connectivity index (χ1) is 14.3. The maximum absolute atomic E-state index is 12.4. The van der Waals surface area contributed by atoms with Crippen molar-refractivity contribution in [3.8, 4) is 17.2 Å². The number of para-hydroxylation sites is 2. The van der Waals surface area contributed by atoms with E-state index in [9.17, 15) is 13.2 Å². The van der Waals surface area contributed by atoms with Gasteiger partial charge in [-0.05, 0) is 42.8 Å². The van der Waals surface area contributed by atoms with Crippen molar-refractivity contribution in [2.75, 3.05) is 34.4 Å². The third kappa shape index (κ3) is 6.11. The Morgan fingerprint density at radius 3 is 2.27 bits per heavy atom. The summed E-state index contributed by atoms with van der Waals surface area (Å²) in [7, 11) is 1.02. The Morgan fingerprint density at radius 2 is 1.70 bits per heavy atom. The molecule has 164 valence electrons. The summed E-state index contributed by atoms with van der Waals surface area (Å²) in [6.07, 6.45) is -0.163. The molecule has 0 fully saturated rings. The van der Waals surface area contributed by atoms with Gasteiger partial charge in [0.05, 0.1) is 18.6 Å². The van der Waals surface area contributed by atoms with Crippen LogP contribution >= 0.6 is 0 Å². The summed E-state index contributed by atoms with van der Waals surface area (Å²) < 4.78 is 41.9. The molecule has 9 heteroatoms. The fraction of sp³-hybridized carbons (Fsp3) is 0.381. The predicted octanol–water partition coefficient (Wildman–Crippen LogP) is 2.30. The lowest BCUT2D eigenvalue weighted by molar-refractivity contribution is -0.128. The van der Waals surface area contributed by atoms with E-state index in [0.29, 0.717) is 23.7 Å². The fourth-order valence-electron chi connectivity index (χ4n) is 2.57. The van der Waals surface area contributed by atoms with Crippen LogP contribution in [0.15, 0.2) is 53.4 Å². The zero-order valence-corrected chi connectivity index (χ0v) is 18.4. The van der Waals surface area contributed by atoms with Crippen LogP contribution in [0.4, 0.5) is 0 Å². The van der Waals surface area contributed by atoms with E-state index in [-0.39, 0.29) is 24.0 Å². The summed E-state index contributed by atoms with van der Waals surface area (Å²) in [5.74, 6) is 1.33. The maximum atomic E-state index is 12.4. The number of nitrogens with one attached hydrogen (secondary N) is 1. The Morgan fingerprint density at radius 1 is 1.07 bits per heavy atom. The molecule has 8 nitrogen and oxygen atoms in total. The molecule has 0 heterocycles. The number of ether oxygens (including phenoxy) is 3. The van der Waals surface area contributed by atoms with Crippen LogP contribution in [-0.4, -0.2) is 59.1 Å². The SMILES string of the molecule is CCC(Oc1ccccc1OC)C(=O)NCCOc1ccc(S(=O)(=O)N(C)C)cc1. The van der Waals surface area contributed by atoms with Crippen LogP contribution in [0, 0.1) is 0 Å². The standard InChI is InChI=1S/C21H28N2O6S/c1-5-18(29-20-9-7-6-8-19(20)27-4)21(24)22-14-15-28-16-10-12-17(13-11-16)30(25,26)23(2)3/h6-13,18H,5,14-15H2,1-4H3,(H,22,24). The predicted molar refractivity (Wildman–Crippen MR) is 114 cm³/mol. The van der Waals surface area contributed by atoms with E-state index in [1.54, 1.807) is 31.4 Å². The van der Waals surface area contributed by atoms with Crippen LogP contribution in [-0.2, 0) is 14.8 Å². The number of hydrogen-bond acceptors (Lipinski definition) is 6. The van der Waals surface area contributed by atoms with E-state index >= 15 is 0 Å². The van der Waals surface area contributed by atoms with Crippen LogP contribution in [0.25, 0.3) is 0 Å². The van der Waals surface area contributed by atoms with Gasteiger partial charge in [-0.25, -0.2) is 12.7 Å². The molecule has 0 aromatic heterocycles. The van der Waals surface area contributed by atoms with E-state index < -0.39 is 16.1 Å². The highest BCUT2D eigenvalue weighted by atomic mass is 32.2. The number of hydrogen-bond donors (Lipinski definition) is 1. The Hall–Kier alpha value is -2.78. The minimum Gasteiger partial charge on any atom is -0.493 e. The van der Waals surface area contributed by atoms with Gasteiger partial charge >= 0.3 is 0 Å². The first-order valence-electron chi connectivity index (χ1n) is 9.52. The van der Waals surface area contributed by atoms with Crippen molar-refractivity contribution in [3.05, 3.63) is 48.5 Å². The normalized spacial score (nSPS) is 12.3. The van der Waals surface area contributed by atoms with E-state index in [4.69, 9.17) is 14.2 Å². The second-order valence-corrected chi connectivity index (χ2v) is 8.72. The topological polar surface area (TPSA) is 94.2 Å². The third-order valence-electron chi connectivity index (χ3n) is 4.27. The molecule has 0 radical (unpaired) electrons. The van der Waals surface area contributed by atoms with Crippen molar-refractivity contribution in [1.29, 1.82) is 0 Å². The number of carbonyl (C=O) groups is 1. The molecule has 30 heavy (non-hydrogen) atoms. The quantitative estimate of drug-likeness (QED) is 0.543. The molecule has 0 aliphatic carbocycles. The van der Waals surface area contributed by atoms with Gasteiger partial charge in [-0.3, -0.25) is 4.79 Å². The van der Waals surface area contributed by atoms with Gasteiger partial charge in [-0.1, -0.05) is 19.1 Å². The molecule has 1 amide bonds. The van der Waals surface area contributed by atoms with Gasteiger partial charge in [-0.2, -0.15) is 0 Å². The highest BCUT2D eigenvalue weighted by Gasteiger charge is 2.20. The molecule has 0 aliphatic heterocycles. The minimum absolute atomic E-state index is 0.187. The summed E-state index contributed by atoms with van der Waals surface area (Å²) in [5.41, 5.74) is 0. The number of benzene rings is 2. The molecular formula is C21H28N2O6S. The van der Waals surface area contributed by atoms with Gasteiger partial charge in [-0.15, -0.1) is 0 Å². The van der Waals surface area contributed by atoms with Crippen molar-refractivity contribution in [3.63, 3.8) is 0 Å². The number of nitrogens with zero attached hydrogens (tertiary/aromatic N) is 1. The average molecular weight is 437 g/mol. The van der Waals surface area contributed by atoms with E-state index in [0.717, 1.165) is 4.31 Å². The van der Waals surface area contributed by atoms with Crippen molar-refractivity contribution in [2.45, 2.75) is 24.3 Å². The van der Waals surface area contributed by atoms with E-state index in [1.165, 1.54) is 26.2 Å². The molecule has 0 saturated carbocycles. The second kappa shape index (κ2) is 10.8. The minimum atomic E-state index is -3.48. The number of rotatable bonds is 11. The molecule has 0 spiro atoms. The first-order valence-corrected chi connectivity index (χ1v) is 11.0. The summed E-state index contributed by atoms with van der Waals surface area (Å²) in [6.45, 7) is 2.37. The zero-order valence-electron chi connectivity index (χ0n) is 17.6. The second-order valence-electron chi connectivity index (χ2n) is 6.56. The Labute approximate surface area is 177 Å². The van der Waals surface area contributed by atoms with Crippen LogP contribution in [0.1, 0.15) is 13.3 Å². The van der Waals surface area contributed by atoms with Crippen molar-refractivity contribution < 1.29 is 27.4 Å². The van der Waals surface area contributed by atoms with Gasteiger partial charge in [0.1, 0.15) is 12.4 Å². The van der Waals surface area contributed by atoms with Crippen LogP contribution in [0.2, 0.25) is 0 Å². The lowest BCUT2D eigenvalue weighted by Crippen LogP contribution is -2.39.